The number of anilines is 1. The molecule has 0 saturated carbocycles. The van der Waals surface area contributed by atoms with E-state index in [1.54, 1.807) is 0 Å². The van der Waals surface area contributed by atoms with Crippen molar-refractivity contribution in [1.82, 2.24) is 5.32 Å². The molecule has 0 bridgehead atoms. The molecule has 2 nitrogen and oxygen atoms in total. The average Bonchev–Trinajstić information content (AvgIpc) is 2.27. The van der Waals surface area contributed by atoms with Gasteiger partial charge in [0.05, 0.1) is 5.69 Å². The summed E-state index contributed by atoms with van der Waals surface area (Å²) in [5, 5.41) is 2.73. The van der Waals surface area contributed by atoms with Gasteiger partial charge in [0.1, 0.15) is 10.8 Å². The fourth-order valence-electron chi connectivity index (χ4n) is 1.67. The Morgan fingerprint density at radius 2 is 1.81 bits per heavy atom. The summed E-state index contributed by atoms with van der Waals surface area (Å²) in [4.78, 5) is 1.86. The molecule has 1 N–H and O–H groups in total. The van der Waals surface area contributed by atoms with E-state index in [0.717, 1.165) is 13.1 Å². The van der Waals surface area contributed by atoms with Gasteiger partial charge in [-0.1, -0.05) is 11.6 Å². The smallest absolute Gasteiger partial charge is 0.168 e. The Morgan fingerprint density at radius 1 is 1.19 bits per heavy atom. The van der Waals surface area contributed by atoms with Crippen molar-refractivity contribution in [2.24, 2.45) is 0 Å². The van der Waals surface area contributed by atoms with Crippen molar-refractivity contribution in [1.29, 1.82) is 0 Å². The van der Waals surface area contributed by atoms with E-state index in [1.807, 2.05) is 4.90 Å². The molecular formula is C10H12Cl2F2N2. The van der Waals surface area contributed by atoms with Crippen molar-refractivity contribution < 1.29 is 8.78 Å². The molecule has 0 aromatic heterocycles. The molecule has 6 heteroatoms. The molecule has 1 aromatic carbocycles. The van der Waals surface area contributed by atoms with Crippen molar-refractivity contribution in [3.05, 3.63) is 28.8 Å². The fourth-order valence-corrected chi connectivity index (χ4v) is 1.83. The molecule has 0 aliphatic carbocycles. The number of halogens is 4. The zero-order valence-electron chi connectivity index (χ0n) is 8.47. The zero-order chi connectivity index (χ0) is 10.8. The molecule has 16 heavy (non-hydrogen) atoms. The van der Waals surface area contributed by atoms with Crippen LogP contribution in [0.1, 0.15) is 0 Å². The van der Waals surface area contributed by atoms with Crippen LogP contribution < -0.4 is 10.2 Å². The standard InChI is InChI=1S/C10H11ClF2N2.ClH/c11-9-7(12)1-2-8(10(9)13)15-5-3-14-4-6-15;/h1-2,14H,3-6H2;1H. The molecule has 1 heterocycles. The lowest BCUT2D eigenvalue weighted by Gasteiger charge is -2.29. The molecular weight excluding hydrogens is 257 g/mol. The summed E-state index contributed by atoms with van der Waals surface area (Å²) in [6.07, 6.45) is 0. The monoisotopic (exact) mass is 268 g/mol. The maximum absolute atomic E-state index is 13.6. The number of rotatable bonds is 1. The number of benzene rings is 1. The summed E-state index contributed by atoms with van der Waals surface area (Å²) in [6.45, 7) is 3.01. The third-order valence-corrected chi connectivity index (χ3v) is 2.82. The summed E-state index contributed by atoms with van der Waals surface area (Å²) in [5.41, 5.74) is 0.378. The highest BCUT2D eigenvalue weighted by molar-refractivity contribution is 6.31. The Morgan fingerprint density at radius 3 is 2.44 bits per heavy atom. The van der Waals surface area contributed by atoms with Gasteiger partial charge in [-0.2, -0.15) is 0 Å². The minimum Gasteiger partial charge on any atom is -0.367 e. The van der Waals surface area contributed by atoms with Gasteiger partial charge in [0.2, 0.25) is 0 Å². The first-order chi connectivity index (χ1) is 7.20. The van der Waals surface area contributed by atoms with Crippen LogP contribution in [0.15, 0.2) is 12.1 Å². The lowest BCUT2D eigenvalue weighted by atomic mass is 10.2. The first kappa shape index (κ1) is 13.5. The van der Waals surface area contributed by atoms with Crippen molar-refractivity contribution in [3.63, 3.8) is 0 Å². The number of nitrogens with one attached hydrogen (secondary N) is 1. The second kappa shape index (κ2) is 5.66. The van der Waals surface area contributed by atoms with Gasteiger partial charge in [-0.3, -0.25) is 0 Å². The van der Waals surface area contributed by atoms with Gasteiger partial charge >= 0.3 is 0 Å². The van der Waals surface area contributed by atoms with Gasteiger partial charge < -0.3 is 10.2 Å². The number of piperazine rings is 1. The van der Waals surface area contributed by atoms with Crippen LogP contribution in [0.3, 0.4) is 0 Å². The molecule has 0 radical (unpaired) electrons. The highest BCUT2D eigenvalue weighted by atomic mass is 35.5. The fraction of sp³-hybridized carbons (Fsp3) is 0.400. The number of hydrogen-bond donors (Lipinski definition) is 1. The van der Waals surface area contributed by atoms with Crippen LogP contribution in [-0.4, -0.2) is 26.2 Å². The predicted octanol–water partition coefficient (Wildman–Crippen LogP) is 2.45. The van der Waals surface area contributed by atoms with Crippen LogP contribution in [0.5, 0.6) is 0 Å². The maximum atomic E-state index is 13.6. The van der Waals surface area contributed by atoms with Crippen LogP contribution in [0.25, 0.3) is 0 Å². The summed E-state index contributed by atoms with van der Waals surface area (Å²) >= 11 is 5.51. The minimum atomic E-state index is -0.715. The molecule has 0 atom stereocenters. The van der Waals surface area contributed by atoms with Gasteiger partial charge in [0, 0.05) is 26.2 Å². The average molecular weight is 269 g/mol. The molecule has 2 rings (SSSR count). The zero-order valence-corrected chi connectivity index (χ0v) is 10.0. The van der Waals surface area contributed by atoms with E-state index >= 15 is 0 Å². The first-order valence-electron chi connectivity index (χ1n) is 4.79. The van der Waals surface area contributed by atoms with E-state index < -0.39 is 16.7 Å². The van der Waals surface area contributed by atoms with E-state index in [0.29, 0.717) is 18.8 Å². The van der Waals surface area contributed by atoms with E-state index in [2.05, 4.69) is 5.32 Å². The van der Waals surface area contributed by atoms with Crippen molar-refractivity contribution >= 4 is 29.7 Å². The van der Waals surface area contributed by atoms with E-state index in [1.165, 1.54) is 12.1 Å². The minimum absolute atomic E-state index is 0. The quantitative estimate of drug-likeness (QED) is 0.788. The van der Waals surface area contributed by atoms with E-state index in [9.17, 15) is 8.78 Å². The van der Waals surface area contributed by atoms with Gasteiger partial charge in [0.15, 0.2) is 5.82 Å². The largest absolute Gasteiger partial charge is 0.367 e. The second-order valence-electron chi connectivity index (χ2n) is 3.43. The van der Waals surface area contributed by atoms with Crippen LogP contribution in [-0.2, 0) is 0 Å². The SMILES string of the molecule is Cl.Fc1ccc(N2CCNCC2)c(F)c1Cl. The third kappa shape index (κ3) is 2.56. The van der Waals surface area contributed by atoms with Crippen molar-refractivity contribution in [2.75, 3.05) is 31.1 Å². The normalized spacial score (nSPS) is 15.8. The Kier molecular flexibility index (Phi) is 4.77. The molecule has 1 aliphatic heterocycles. The topological polar surface area (TPSA) is 15.3 Å². The summed E-state index contributed by atoms with van der Waals surface area (Å²) < 4.78 is 26.5. The van der Waals surface area contributed by atoms with Gasteiger partial charge in [-0.25, -0.2) is 8.78 Å². The highest BCUT2D eigenvalue weighted by Gasteiger charge is 2.18. The molecule has 90 valence electrons. The molecule has 0 spiro atoms. The lowest BCUT2D eigenvalue weighted by Crippen LogP contribution is -2.43. The number of nitrogens with zero attached hydrogens (tertiary/aromatic N) is 1. The van der Waals surface area contributed by atoms with Gasteiger partial charge in [-0.15, -0.1) is 12.4 Å². The summed E-state index contributed by atoms with van der Waals surface area (Å²) in [7, 11) is 0. The molecule has 1 saturated heterocycles. The number of hydrogen-bond acceptors (Lipinski definition) is 2. The third-order valence-electron chi connectivity index (χ3n) is 2.47. The molecule has 1 aromatic rings. The summed E-state index contributed by atoms with van der Waals surface area (Å²) in [6, 6.07) is 2.63. The summed E-state index contributed by atoms with van der Waals surface area (Å²) in [5.74, 6) is -1.38. The van der Waals surface area contributed by atoms with Crippen molar-refractivity contribution in [3.8, 4) is 0 Å². The van der Waals surface area contributed by atoms with E-state index in [4.69, 9.17) is 11.6 Å². The second-order valence-corrected chi connectivity index (χ2v) is 3.81. The van der Waals surface area contributed by atoms with Crippen LogP contribution >= 0.6 is 24.0 Å². The van der Waals surface area contributed by atoms with Gasteiger partial charge in [0.25, 0.3) is 0 Å². The molecule has 0 amide bonds. The molecule has 1 fully saturated rings. The maximum Gasteiger partial charge on any atom is 0.168 e. The molecule has 0 unspecified atom stereocenters. The van der Waals surface area contributed by atoms with Crippen LogP contribution in [0, 0.1) is 11.6 Å². The predicted molar refractivity (Wildman–Crippen MR) is 63.7 cm³/mol. The first-order valence-corrected chi connectivity index (χ1v) is 5.17. The van der Waals surface area contributed by atoms with Gasteiger partial charge in [-0.05, 0) is 12.1 Å². The Labute approximate surface area is 104 Å². The highest BCUT2D eigenvalue weighted by Crippen LogP contribution is 2.28. The van der Waals surface area contributed by atoms with Crippen LogP contribution in [0.2, 0.25) is 5.02 Å². The van der Waals surface area contributed by atoms with Crippen LogP contribution in [0.4, 0.5) is 14.5 Å². The Hall–Kier alpha value is -0.580. The Balaban J connectivity index is 0.00000128. The van der Waals surface area contributed by atoms with E-state index in [-0.39, 0.29) is 12.4 Å². The Bertz CT molecular complexity index is 368. The lowest BCUT2D eigenvalue weighted by molar-refractivity contribution is 0.554. The molecule has 1 aliphatic rings. The van der Waals surface area contributed by atoms with Crippen molar-refractivity contribution in [2.45, 2.75) is 0 Å².